The molecule has 2 aromatic rings. The zero-order valence-corrected chi connectivity index (χ0v) is 12.1. The van der Waals surface area contributed by atoms with Gasteiger partial charge >= 0.3 is 0 Å². The van der Waals surface area contributed by atoms with E-state index in [2.05, 4.69) is 15.7 Å². The molecule has 0 aliphatic rings. The number of carbonyl (C=O) groups excluding carboxylic acids is 1. The maximum atomic E-state index is 12.3. The van der Waals surface area contributed by atoms with Crippen LogP contribution in [0.15, 0.2) is 36.7 Å². The molecule has 1 unspecified atom stereocenters. The van der Waals surface area contributed by atoms with Crippen molar-refractivity contribution in [1.29, 1.82) is 0 Å². The lowest BCUT2D eigenvalue weighted by Crippen LogP contribution is -2.36. The standard InChI is InChI=1S/C15H20N4O/c1-11-5-6-14(16-3)13(9-11)15(20)18-12(2)10-19-8-4-7-17-19/h4-9,12,16H,10H2,1-3H3,(H,18,20). The first-order valence-corrected chi connectivity index (χ1v) is 6.67. The van der Waals surface area contributed by atoms with Crippen molar-refractivity contribution in [2.24, 2.45) is 0 Å². The van der Waals surface area contributed by atoms with Crippen LogP contribution in [0.2, 0.25) is 0 Å². The first-order chi connectivity index (χ1) is 9.60. The van der Waals surface area contributed by atoms with E-state index in [4.69, 9.17) is 0 Å². The zero-order chi connectivity index (χ0) is 14.5. The number of hydrogen-bond acceptors (Lipinski definition) is 3. The van der Waals surface area contributed by atoms with E-state index in [-0.39, 0.29) is 11.9 Å². The summed E-state index contributed by atoms with van der Waals surface area (Å²) in [6.07, 6.45) is 3.61. The van der Waals surface area contributed by atoms with Crippen molar-refractivity contribution in [3.05, 3.63) is 47.8 Å². The fourth-order valence-electron chi connectivity index (χ4n) is 2.10. The van der Waals surface area contributed by atoms with Crippen molar-refractivity contribution in [2.45, 2.75) is 26.4 Å². The van der Waals surface area contributed by atoms with Crippen LogP contribution in [0.25, 0.3) is 0 Å². The molecule has 1 amide bonds. The predicted molar refractivity (Wildman–Crippen MR) is 79.9 cm³/mol. The molecule has 0 fully saturated rings. The summed E-state index contributed by atoms with van der Waals surface area (Å²) in [5.74, 6) is -0.0716. The molecule has 0 aliphatic carbocycles. The molecule has 1 heterocycles. The quantitative estimate of drug-likeness (QED) is 0.876. The van der Waals surface area contributed by atoms with Crippen LogP contribution >= 0.6 is 0 Å². The molecule has 5 heteroatoms. The Morgan fingerprint density at radius 1 is 1.45 bits per heavy atom. The number of rotatable bonds is 5. The molecule has 0 aliphatic heterocycles. The minimum absolute atomic E-state index is 0.00705. The van der Waals surface area contributed by atoms with Crippen LogP contribution in [0.1, 0.15) is 22.8 Å². The average Bonchev–Trinajstić information content (AvgIpc) is 2.91. The average molecular weight is 272 g/mol. The van der Waals surface area contributed by atoms with E-state index < -0.39 is 0 Å². The van der Waals surface area contributed by atoms with E-state index in [0.29, 0.717) is 12.1 Å². The molecule has 0 radical (unpaired) electrons. The Balaban J connectivity index is 2.06. The fourth-order valence-corrected chi connectivity index (χ4v) is 2.10. The summed E-state index contributed by atoms with van der Waals surface area (Å²) >= 11 is 0. The summed E-state index contributed by atoms with van der Waals surface area (Å²) in [7, 11) is 1.81. The molecule has 0 bridgehead atoms. The van der Waals surface area contributed by atoms with Crippen molar-refractivity contribution in [1.82, 2.24) is 15.1 Å². The number of benzene rings is 1. The smallest absolute Gasteiger partial charge is 0.253 e. The molecule has 20 heavy (non-hydrogen) atoms. The Morgan fingerprint density at radius 2 is 2.25 bits per heavy atom. The molecule has 106 valence electrons. The van der Waals surface area contributed by atoms with Gasteiger partial charge in [-0.3, -0.25) is 9.48 Å². The topological polar surface area (TPSA) is 59.0 Å². The minimum Gasteiger partial charge on any atom is -0.387 e. The number of nitrogens with one attached hydrogen (secondary N) is 2. The molecular formula is C15H20N4O. The van der Waals surface area contributed by atoms with Gasteiger partial charge in [0.25, 0.3) is 5.91 Å². The summed E-state index contributed by atoms with van der Waals surface area (Å²) < 4.78 is 1.81. The normalized spacial score (nSPS) is 11.9. The van der Waals surface area contributed by atoms with Crippen LogP contribution in [0.3, 0.4) is 0 Å². The SMILES string of the molecule is CNc1ccc(C)cc1C(=O)NC(C)Cn1cccn1. The van der Waals surface area contributed by atoms with Gasteiger partial charge in [-0.1, -0.05) is 11.6 Å². The molecule has 0 saturated heterocycles. The van der Waals surface area contributed by atoms with Gasteiger partial charge in [-0.25, -0.2) is 0 Å². The second kappa shape index (κ2) is 6.23. The summed E-state index contributed by atoms with van der Waals surface area (Å²) in [6.45, 7) is 4.59. The highest BCUT2D eigenvalue weighted by Crippen LogP contribution is 2.16. The Labute approximate surface area is 119 Å². The van der Waals surface area contributed by atoms with E-state index in [1.807, 2.05) is 51.4 Å². The van der Waals surface area contributed by atoms with Gasteiger partial charge in [-0.05, 0) is 32.0 Å². The zero-order valence-electron chi connectivity index (χ0n) is 12.1. The molecule has 0 spiro atoms. The van der Waals surface area contributed by atoms with E-state index in [1.54, 1.807) is 10.9 Å². The van der Waals surface area contributed by atoms with Crippen LogP contribution in [-0.2, 0) is 6.54 Å². The highest BCUT2D eigenvalue weighted by atomic mass is 16.1. The number of nitrogens with zero attached hydrogens (tertiary/aromatic N) is 2. The molecular weight excluding hydrogens is 252 g/mol. The number of aryl methyl sites for hydroxylation is 1. The monoisotopic (exact) mass is 272 g/mol. The second-order valence-electron chi connectivity index (χ2n) is 4.90. The molecule has 0 saturated carbocycles. The summed E-state index contributed by atoms with van der Waals surface area (Å²) in [5.41, 5.74) is 2.56. The van der Waals surface area contributed by atoms with Gasteiger partial charge in [0.05, 0.1) is 12.1 Å². The largest absolute Gasteiger partial charge is 0.387 e. The summed E-state index contributed by atoms with van der Waals surface area (Å²) in [4.78, 5) is 12.3. The Hall–Kier alpha value is -2.30. The van der Waals surface area contributed by atoms with Crippen LogP contribution in [0, 0.1) is 6.92 Å². The summed E-state index contributed by atoms with van der Waals surface area (Å²) in [5, 5.41) is 10.2. The fraction of sp³-hybridized carbons (Fsp3) is 0.333. The van der Waals surface area contributed by atoms with Gasteiger partial charge < -0.3 is 10.6 Å². The van der Waals surface area contributed by atoms with Gasteiger partial charge in [0.2, 0.25) is 0 Å². The van der Waals surface area contributed by atoms with Gasteiger partial charge in [0, 0.05) is 31.2 Å². The molecule has 5 nitrogen and oxygen atoms in total. The maximum Gasteiger partial charge on any atom is 0.253 e. The lowest BCUT2D eigenvalue weighted by atomic mass is 10.1. The number of amides is 1. The highest BCUT2D eigenvalue weighted by molar-refractivity contribution is 5.99. The Morgan fingerprint density at radius 3 is 2.90 bits per heavy atom. The first-order valence-electron chi connectivity index (χ1n) is 6.67. The van der Waals surface area contributed by atoms with Crippen LogP contribution in [0.4, 0.5) is 5.69 Å². The van der Waals surface area contributed by atoms with E-state index in [0.717, 1.165) is 11.3 Å². The third-order valence-electron chi connectivity index (χ3n) is 3.09. The Kier molecular flexibility index (Phi) is 4.40. The number of hydrogen-bond donors (Lipinski definition) is 2. The van der Waals surface area contributed by atoms with Crippen molar-refractivity contribution >= 4 is 11.6 Å². The molecule has 1 aromatic carbocycles. The minimum atomic E-state index is -0.0716. The first kappa shape index (κ1) is 14.1. The third-order valence-corrected chi connectivity index (χ3v) is 3.09. The Bertz CT molecular complexity index is 578. The summed E-state index contributed by atoms with van der Waals surface area (Å²) in [6, 6.07) is 7.67. The van der Waals surface area contributed by atoms with E-state index >= 15 is 0 Å². The van der Waals surface area contributed by atoms with Crippen LogP contribution in [-0.4, -0.2) is 28.8 Å². The van der Waals surface area contributed by atoms with Gasteiger partial charge in [0.15, 0.2) is 0 Å². The highest BCUT2D eigenvalue weighted by Gasteiger charge is 2.14. The van der Waals surface area contributed by atoms with E-state index in [9.17, 15) is 4.79 Å². The van der Waals surface area contributed by atoms with E-state index in [1.165, 1.54) is 0 Å². The van der Waals surface area contributed by atoms with Crippen LogP contribution in [0.5, 0.6) is 0 Å². The molecule has 2 rings (SSSR count). The second-order valence-corrected chi connectivity index (χ2v) is 4.90. The number of anilines is 1. The predicted octanol–water partition coefficient (Wildman–Crippen LogP) is 2.05. The van der Waals surface area contributed by atoms with Gasteiger partial charge in [-0.2, -0.15) is 5.10 Å². The lowest BCUT2D eigenvalue weighted by Gasteiger charge is -2.16. The van der Waals surface area contributed by atoms with Crippen LogP contribution < -0.4 is 10.6 Å². The number of carbonyl (C=O) groups is 1. The maximum absolute atomic E-state index is 12.3. The molecule has 2 N–H and O–H groups in total. The van der Waals surface area contributed by atoms with Crippen molar-refractivity contribution in [3.8, 4) is 0 Å². The van der Waals surface area contributed by atoms with Gasteiger partial charge in [-0.15, -0.1) is 0 Å². The van der Waals surface area contributed by atoms with Crippen molar-refractivity contribution in [2.75, 3.05) is 12.4 Å². The molecule has 1 aromatic heterocycles. The number of aromatic nitrogens is 2. The molecule has 1 atom stereocenters. The van der Waals surface area contributed by atoms with Gasteiger partial charge in [0.1, 0.15) is 0 Å². The third kappa shape index (κ3) is 3.38. The van der Waals surface area contributed by atoms with Crippen molar-refractivity contribution in [3.63, 3.8) is 0 Å². The van der Waals surface area contributed by atoms with Crippen molar-refractivity contribution < 1.29 is 4.79 Å². The lowest BCUT2D eigenvalue weighted by molar-refractivity contribution is 0.0936.